The molecule has 0 atom stereocenters. The molecule has 0 unspecified atom stereocenters. The van der Waals surface area contributed by atoms with Crippen molar-refractivity contribution < 1.29 is 19.1 Å². The van der Waals surface area contributed by atoms with Crippen molar-refractivity contribution in [1.82, 2.24) is 0 Å². The fourth-order valence-corrected chi connectivity index (χ4v) is 7.48. The number of hydrogen-bond donors (Lipinski definition) is 0. The Morgan fingerprint density at radius 3 is 1.48 bits per heavy atom. The normalized spacial score (nSPS) is 12.9. The van der Waals surface area contributed by atoms with E-state index in [0.29, 0.717) is 0 Å². The summed E-state index contributed by atoms with van der Waals surface area (Å²) in [5.41, 5.74) is 19.0. The van der Waals surface area contributed by atoms with Gasteiger partial charge in [-0.1, -0.05) is 82.2 Å². The summed E-state index contributed by atoms with van der Waals surface area (Å²) < 4.78 is 1.41. The number of nitrogens with zero attached hydrogens (tertiary/aromatic N) is 2. The first-order valence-corrected chi connectivity index (χ1v) is 21.5. The topological polar surface area (TPSA) is 25.3 Å². The predicted octanol–water partition coefficient (Wildman–Crippen LogP) is 15.5. The molecule has 3 heteroatoms. The van der Waals surface area contributed by atoms with E-state index in [-0.39, 0.29) is 0 Å². The number of benzene rings is 2. The molecule has 2 aromatic carbocycles. The van der Waals surface area contributed by atoms with Gasteiger partial charge in [0.25, 0.3) is 0 Å². The van der Waals surface area contributed by atoms with Crippen molar-refractivity contribution in [3.63, 3.8) is 0 Å². The van der Waals surface area contributed by atoms with Gasteiger partial charge in [-0.3, -0.25) is 0 Å². The van der Waals surface area contributed by atoms with Crippen LogP contribution in [-0.2, 0) is 20.9 Å². The first kappa shape index (κ1) is 42.2. The number of aryl methyl sites for hydroxylation is 2. The quantitative estimate of drug-likeness (QED) is 0.0531. The number of allylic oxidation sites excluding steroid dienone is 2. The number of rotatable bonds is 26. The van der Waals surface area contributed by atoms with Crippen molar-refractivity contribution in [2.24, 2.45) is 0 Å². The van der Waals surface area contributed by atoms with Gasteiger partial charge < -0.3 is 5.53 Å². The van der Waals surface area contributed by atoms with Crippen LogP contribution in [0.3, 0.4) is 0 Å². The molecule has 1 aliphatic heterocycles. The van der Waals surface area contributed by atoms with Gasteiger partial charge in [-0.2, -0.15) is 0 Å². The van der Waals surface area contributed by atoms with Crippen LogP contribution in [-0.4, -0.2) is 4.70 Å². The molecule has 0 aliphatic carbocycles. The molecule has 3 rings (SSSR count). The van der Waals surface area contributed by atoms with E-state index >= 15 is 0 Å². The van der Waals surface area contributed by atoms with E-state index in [4.69, 9.17) is 0 Å². The van der Waals surface area contributed by atoms with Crippen molar-refractivity contribution in [3.8, 4) is 0 Å². The third-order valence-corrected chi connectivity index (χ3v) is 10.8. The summed E-state index contributed by atoms with van der Waals surface area (Å²) in [6.45, 7) is 11.2. The molecule has 1 aliphatic rings. The second-order valence-corrected chi connectivity index (χ2v) is 15.4. The van der Waals surface area contributed by atoms with Crippen LogP contribution in [0.2, 0.25) is 10.8 Å². The Bertz CT molecular complexity index is 1140. The van der Waals surface area contributed by atoms with E-state index in [0.717, 1.165) is 35.4 Å². The minimum absolute atomic E-state index is 0.888. The van der Waals surface area contributed by atoms with Gasteiger partial charge in [-0.15, -0.1) is 0 Å². The first-order chi connectivity index (χ1) is 23.5. The molecule has 0 spiro atoms. The van der Waals surface area contributed by atoms with Crippen molar-refractivity contribution in [1.29, 1.82) is 0 Å². The Hall–Kier alpha value is -1.99. The average molecular weight is 700 g/mol. The fraction of sp³-hybridized carbons (Fsp3) is 0.644. The third-order valence-electron chi connectivity index (χ3n) is 9.40. The van der Waals surface area contributed by atoms with E-state index < -0.39 is 0 Å². The van der Waals surface area contributed by atoms with Crippen molar-refractivity contribution in [2.45, 2.75) is 187 Å². The van der Waals surface area contributed by atoms with Crippen LogP contribution >= 0.6 is 0 Å². The maximum atomic E-state index is 11.2. The van der Waals surface area contributed by atoms with Gasteiger partial charge in [0.15, 0.2) is 0 Å². The fourth-order valence-electron chi connectivity index (χ4n) is 6.24. The van der Waals surface area contributed by atoms with Gasteiger partial charge in [0.1, 0.15) is 0 Å². The van der Waals surface area contributed by atoms with Crippen molar-refractivity contribution in [2.75, 3.05) is 0 Å². The van der Waals surface area contributed by atoms with Crippen LogP contribution in [0.1, 0.15) is 185 Å². The Balaban J connectivity index is 0.000000401. The molecule has 0 saturated heterocycles. The molecule has 2 aromatic rings. The predicted molar refractivity (Wildman–Crippen MR) is 209 cm³/mol. The Morgan fingerprint density at radius 2 is 0.958 bits per heavy atom. The van der Waals surface area contributed by atoms with Crippen LogP contribution < -0.4 is 0 Å². The molecule has 0 saturated carbocycles. The molecule has 0 radical (unpaired) electrons. The van der Waals surface area contributed by atoms with Crippen molar-refractivity contribution >= 4 is 11.4 Å². The summed E-state index contributed by atoms with van der Waals surface area (Å²) in [4.78, 5) is 0. The summed E-state index contributed by atoms with van der Waals surface area (Å²) >= 11 is 2.01. The Kier molecular flexibility index (Phi) is 24.4. The van der Waals surface area contributed by atoms with Gasteiger partial charge in [0.2, 0.25) is 11.4 Å². The minimum atomic E-state index is 0.888. The van der Waals surface area contributed by atoms with E-state index in [2.05, 4.69) is 89.2 Å². The summed E-state index contributed by atoms with van der Waals surface area (Å²) in [6, 6.07) is 17.2. The monoisotopic (exact) mass is 699 g/mol. The second-order valence-electron chi connectivity index (χ2n) is 13.9. The van der Waals surface area contributed by atoms with Crippen molar-refractivity contribution in [3.05, 3.63) is 88.0 Å². The number of hydrogen-bond acceptors (Lipinski definition) is 0. The molecular weight excluding hydrogens is 627 g/mol. The van der Waals surface area contributed by atoms with E-state index in [1.807, 2.05) is 14.4 Å². The zero-order valence-electron chi connectivity index (χ0n) is 31.9. The van der Waals surface area contributed by atoms with E-state index in [1.165, 1.54) is 161 Å². The molecule has 1 heterocycles. The van der Waals surface area contributed by atoms with E-state index in [1.54, 1.807) is 0 Å². The summed E-state index contributed by atoms with van der Waals surface area (Å²) in [5.74, 6) is 0. The van der Waals surface area contributed by atoms with Crippen LogP contribution in [0.4, 0.5) is 0 Å². The molecule has 0 aromatic heterocycles. The summed E-state index contributed by atoms with van der Waals surface area (Å²) in [5, 5.41) is 2.85. The zero-order valence-corrected chi connectivity index (χ0v) is 32.9. The average Bonchev–Trinajstić information content (AvgIpc) is 3.43. The first-order valence-electron chi connectivity index (χ1n) is 20.1. The van der Waals surface area contributed by atoms with Gasteiger partial charge in [0, 0.05) is 22.8 Å². The molecule has 0 bridgehead atoms. The van der Waals surface area contributed by atoms with Gasteiger partial charge >= 0.3 is 116 Å². The molecule has 2 nitrogen and oxygen atoms in total. The summed E-state index contributed by atoms with van der Waals surface area (Å²) in [6.07, 6.45) is 31.7. The Labute approximate surface area is 304 Å². The SMILES string of the molecule is CCCCCCCCC1=C(c2ccc(C)cc2)[N+](=[N-])C(c2ccc(CCCC)cc2)=C1.CCCCCCC[CH2][Ni][CH2]CCCCCCC. The zero-order chi connectivity index (χ0) is 34.7. The molecule has 0 amide bonds. The van der Waals surface area contributed by atoms with Gasteiger partial charge in [0.05, 0.1) is 0 Å². The Morgan fingerprint density at radius 1 is 0.500 bits per heavy atom. The van der Waals surface area contributed by atoms with Crippen LogP contribution in [0.15, 0.2) is 60.2 Å². The molecule has 0 fully saturated rings. The van der Waals surface area contributed by atoms with Crippen LogP contribution in [0.25, 0.3) is 16.9 Å². The van der Waals surface area contributed by atoms with Gasteiger partial charge in [-0.05, 0) is 62.4 Å². The third kappa shape index (κ3) is 17.6. The van der Waals surface area contributed by atoms with Gasteiger partial charge in [-0.25, -0.2) is 4.70 Å². The maximum absolute atomic E-state index is 11.2. The second kappa shape index (κ2) is 27.8. The summed E-state index contributed by atoms with van der Waals surface area (Å²) in [7, 11) is 0. The van der Waals surface area contributed by atoms with Crippen LogP contribution in [0, 0.1) is 6.92 Å². The standard InChI is InChI=1S/C29H38N2.2C8H17.Ni/c1-4-6-8-9-10-11-13-27-22-28(25-20-16-24(17-21-25)12-7-5-2)31(30)29(27)26-18-14-23(3)15-19-26;2*1-3-5-7-8-6-4-2;/h14-22H,4-13H2,1-3H3;2*1,3-8H2,2H3;. The molecule has 272 valence electrons. The van der Waals surface area contributed by atoms with Crippen LogP contribution in [0.5, 0.6) is 0 Å². The number of unbranched alkanes of at least 4 members (excludes halogenated alkanes) is 16. The molecule has 0 N–H and O–H groups in total. The molecular formula is C45H72N2Ni. The molecule has 48 heavy (non-hydrogen) atoms. The van der Waals surface area contributed by atoms with E-state index in [9.17, 15) is 5.53 Å².